The highest BCUT2D eigenvalue weighted by molar-refractivity contribution is 7.26. The summed E-state index contributed by atoms with van der Waals surface area (Å²) in [6.07, 6.45) is 0. The highest BCUT2D eigenvalue weighted by Crippen LogP contribution is 2.41. The van der Waals surface area contributed by atoms with Gasteiger partial charge in [0.05, 0.1) is 5.52 Å². The van der Waals surface area contributed by atoms with E-state index < -0.39 is 0 Å². The van der Waals surface area contributed by atoms with Gasteiger partial charge in [-0.15, -0.1) is 22.7 Å². The van der Waals surface area contributed by atoms with Gasteiger partial charge >= 0.3 is 0 Å². The first kappa shape index (κ1) is 36.6. The van der Waals surface area contributed by atoms with E-state index in [1.54, 1.807) is 0 Å². The number of para-hydroxylation sites is 1. The standard InChI is InChI=1S/C58H40N2S2/c1-37-38(2)59(54-12-6-3-9-49(37)54)45-25-15-39(16-26-45)40-17-27-46(28-18-40)60(47-29-19-41(20-30-47)43-23-33-52-50-10-4-7-13-55(50)61-57(52)35-43)48-31-21-42(22-32-48)44-24-34-53-51-11-5-8-14-56(51)62-58(53)36-44/h3-36H,1-2H3. The molecule has 0 bridgehead atoms. The minimum atomic E-state index is 1.11. The summed E-state index contributed by atoms with van der Waals surface area (Å²) in [7, 11) is 0. The normalized spacial score (nSPS) is 11.7. The average Bonchev–Trinajstić information content (AvgIpc) is 3.98. The fourth-order valence-electron chi connectivity index (χ4n) is 9.33. The molecule has 0 amide bonds. The van der Waals surface area contributed by atoms with Crippen molar-refractivity contribution < 1.29 is 0 Å². The van der Waals surface area contributed by atoms with Crippen molar-refractivity contribution in [2.75, 3.05) is 4.90 Å². The number of hydrogen-bond acceptors (Lipinski definition) is 3. The number of aryl methyl sites for hydroxylation is 1. The number of anilines is 3. The van der Waals surface area contributed by atoms with Crippen molar-refractivity contribution in [3.05, 3.63) is 218 Å². The topological polar surface area (TPSA) is 8.17 Å². The summed E-state index contributed by atoms with van der Waals surface area (Å²) in [6, 6.07) is 75.9. The molecule has 4 heteroatoms. The van der Waals surface area contributed by atoms with Gasteiger partial charge in [0.25, 0.3) is 0 Å². The molecule has 294 valence electrons. The molecule has 0 spiro atoms. The van der Waals surface area contributed by atoms with Gasteiger partial charge < -0.3 is 9.47 Å². The van der Waals surface area contributed by atoms with Crippen LogP contribution in [0.4, 0.5) is 17.1 Å². The molecule has 0 aliphatic carbocycles. The van der Waals surface area contributed by atoms with Crippen molar-refractivity contribution in [1.29, 1.82) is 0 Å². The second kappa shape index (κ2) is 14.7. The summed E-state index contributed by atoms with van der Waals surface area (Å²) in [4.78, 5) is 2.37. The van der Waals surface area contributed by atoms with Crippen molar-refractivity contribution in [1.82, 2.24) is 4.57 Å². The maximum absolute atomic E-state index is 2.37. The van der Waals surface area contributed by atoms with Gasteiger partial charge in [0, 0.05) is 74.2 Å². The lowest BCUT2D eigenvalue weighted by molar-refractivity contribution is 1.04. The summed E-state index contributed by atoms with van der Waals surface area (Å²) in [5, 5.41) is 6.61. The van der Waals surface area contributed by atoms with Crippen LogP contribution in [0, 0.1) is 13.8 Å². The van der Waals surface area contributed by atoms with Crippen LogP contribution in [0.1, 0.15) is 11.3 Å². The molecule has 0 unspecified atom stereocenters. The quantitative estimate of drug-likeness (QED) is 0.155. The SMILES string of the molecule is Cc1c(C)n(-c2ccc(-c3ccc(N(c4ccc(-c5ccc6c(c5)sc5ccccc56)cc4)c4ccc(-c5ccc6c(c5)sc5ccccc56)cc4)cc3)cc2)c2ccccc12. The maximum Gasteiger partial charge on any atom is 0.0534 e. The van der Waals surface area contributed by atoms with E-state index in [1.807, 2.05) is 22.7 Å². The highest BCUT2D eigenvalue weighted by Gasteiger charge is 2.16. The molecule has 0 atom stereocenters. The number of fused-ring (bicyclic) bond motifs is 7. The Bertz CT molecular complexity index is 3470. The Morgan fingerprint density at radius 3 is 1.19 bits per heavy atom. The molecule has 0 saturated carbocycles. The number of thiophene rings is 2. The molecular weight excluding hydrogens is 789 g/mol. The van der Waals surface area contributed by atoms with Crippen molar-refractivity contribution in [3.63, 3.8) is 0 Å². The van der Waals surface area contributed by atoms with Crippen LogP contribution >= 0.6 is 22.7 Å². The molecule has 12 rings (SSSR count). The van der Waals surface area contributed by atoms with E-state index in [1.165, 1.54) is 102 Å². The van der Waals surface area contributed by atoms with E-state index in [0.717, 1.165) is 17.1 Å². The largest absolute Gasteiger partial charge is 0.314 e. The van der Waals surface area contributed by atoms with Gasteiger partial charge in [-0.2, -0.15) is 0 Å². The monoisotopic (exact) mass is 828 g/mol. The minimum absolute atomic E-state index is 1.11. The number of hydrogen-bond donors (Lipinski definition) is 0. The number of nitrogens with zero attached hydrogens (tertiary/aromatic N) is 2. The fourth-order valence-corrected chi connectivity index (χ4v) is 11.6. The molecule has 0 aliphatic heterocycles. The van der Waals surface area contributed by atoms with Gasteiger partial charge in [0.2, 0.25) is 0 Å². The van der Waals surface area contributed by atoms with E-state index in [-0.39, 0.29) is 0 Å². The molecule has 0 N–H and O–H groups in total. The van der Waals surface area contributed by atoms with Crippen LogP contribution in [-0.2, 0) is 0 Å². The second-order valence-corrected chi connectivity index (χ2v) is 18.4. The van der Waals surface area contributed by atoms with Crippen LogP contribution in [0.15, 0.2) is 206 Å². The first-order valence-electron chi connectivity index (χ1n) is 21.2. The third-order valence-corrected chi connectivity index (χ3v) is 15.0. The zero-order valence-electron chi connectivity index (χ0n) is 34.3. The molecule has 3 heterocycles. The van der Waals surface area contributed by atoms with Crippen LogP contribution in [-0.4, -0.2) is 4.57 Å². The van der Waals surface area contributed by atoms with E-state index in [0.29, 0.717) is 0 Å². The van der Waals surface area contributed by atoms with Gasteiger partial charge in [-0.3, -0.25) is 0 Å². The molecular formula is C58H40N2S2. The minimum Gasteiger partial charge on any atom is -0.314 e. The lowest BCUT2D eigenvalue weighted by atomic mass is 10.0. The van der Waals surface area contributed by atoms with Gasteiger partial charge in [-0.25, -0.2) is 0 Å². The summed E-state index contributed by atoms with van der Waals surface area (Å²) >= 11 is 3.73. The van der Waals surface area contributed by atoms with E-state index in [2.05, 4.69) is 230 Å². The molecule has 62 heavy (non-hydrogen) atoms. The van der Waals surface area contributed by atoms with Crippen molar-refractivity contribution in [2.24, 2.45) is 0 Å². The Hall–Kier alpha value is -7.24. The number of aromatic nitrogens is 1. The van der Waals surface area contributed by atoms with Gasteiger partial charge in [0.1, 0.15) is 0 Å². The van der Waals surface area contributed by atoms with Gasteiger partial charge in [-0.1, -0.05) is 127 Å². The molecule has 9 aromatic carbocycles. The molecule has 0 aliphatic rings. The van der Waals surface area contributed by atoms with E-state index in [4.69, 9.17) is 0 Å². The zero-order valence-corrected chi connectivity index (χ0v) is 36.0. The van der Waals surface area contributed by atoms with Crippen LogP contribution in [0.3, 0.4) is 0 Å². The van der Waals surface area contributed by atoms with Crippen molar-refractivity contribution in [2.45, 2.75) is 13.8 Å². The molecule has 0 radical (unpaired) electrons. The van der Waals surface area contributed by atoms with E-state index >= 15 is 0 Å². The molecule has 0 saturated heterocycles. The third-order valence-electron chi connectivity index (χ3n) is 12.7. The Labute approximate surface area is 368 Å². The Balaban J connectivity index is 0.888. The molecule has 2 nitrogen and oxygen atoms in total. The fraction of sp³-hybridized carbons (Fsp3) is 0.0345. The van der Waals surface area contributed by atoms with Crippen LogP contribution in [0.25, 0.3) is 90.3 Å². The Kier molecular flexibility index (Phi) is 8.70. The summed E-state index contributed by atoms with van der Waals surface area (Å²) < 4.78 is 7.67. The summed E-state index contributed by atoms with van der Waals surface area (Å²) in [5.41, 5.74) is 15.6. The van der Waals surface area contributed by atoms with Gasteiger partial charge in [-0.05, 0) is 132 Å². The molecule has 3 aromatic heterocycles. The molecule has 0 fully saturated rings. The Morgan fingerprint density at radius 1 is 0.339 bits per heavy atom. The van der Waals surface area contributed by atoms with Crippen molar-refractivity contribution in [3.8, 4) is 39.1 Å². The van der Waals surface area contributed by atoms with Crippen LogP contribution < -0.4 is 4.90 Å². The smallest absolute Gasteiger partial charge is 0.0534 e. The predicted octanol–water partition coefficient (Wildman–Crippen LogP) is 17.5. The zero-order chi connectivity index (χ0) is 41.3. The van der Waals surface area contributed by atoms with Crippen molar-refractivity contribution >= 4 is 91.0 Å². The summed E-state index contributed by atoms with van der Waals surface area (Å²) in [6.45, 7) is 4.43. The third kappa shape index (κ3) is 6.14. The highest BCUT2D eigenvalue weighted by atomic mass is 32.1. The Morgan fingerprint density at radius 2 is 0.710 bits per heavy atom. The van der Waals surface area contributed by atoms with Crippen LogP contribution in [0.2, 0.25) is 0 Å². The predicted molar refractivity (Wildman–Crippen MR) is 270 cm³/mol. The summed E-state index contributed by atoms with van der Waals surface area (Å²) in [5.74, 6) is 0. The maximum atomic E-state index is 2.37. The van der Waals surface area contributed by atoms with Crippen LogP contribution in [0.5, 0.6) is 0 Å². The van der Waals surface area contributed by atoms with E-state index in [9.17, 15) is 0 Å². The lowest BCUT2D eigenvalue weighted by Gasteiger charge is -2.26. The average molecular weight is 829 g/mol. The number of rotatable bonds is 7. The lowest BCUT2D eigenvalue weighted by Crippen LogP contribution is -2.09. The first-order valence-corrected chi connectivity index (χ1v) is 22.8. The second-order valence-electron chi connectivity index (χ2n) is 16.2. The molecule has 12 aromatic rings. The first-order chi connectivity index (χ1) is 30.5. The number of benzene rings is 9. The van der Waals surface area contributed by atoms with Gasteiger partial charge in [0.15, 0.2) is 0 Å².